The second kappa shape index (κ2) is 7.40. The molecule has 0 aliphatic rings. The van der Waals surface area contributed by atoms with Gasteiger partial charge in [0.15, 0.2) is 18.2 Å². The van der Waals surface area contributed by atoms with Crippen LogP contribution >= 0.6 is 0 Å². The Morgan fingerprint density at radius 3 is 2.64 bits per heavy atom. The third-order valence-electron chi connectivity index (χ3n) is 2.88. The first kappa shape index (κ1) is 15.8. The highest BCUT2D eigenvalue weighted by molar-refractivity contribution is 5.77. The van der Waals surface area contributed by atoms with Gasteiger partial charge in [0.05, 0.1) is 7.11 Å². The molecule has 0 bridgehead atoms. The zero-order valence-electron chi connectivity index (χ0n) is 11.9. The van der Waals surface area contributed by atoms with E-state index >= 15 is 0 Å². The van der Waals surface area contributed by atoms with E-state index in [-0.39, 0.29) is 18.3 Å². The molecule has 0 saturated heterocycles. The Morgan fingerprint density at radius 2 is 1.91 bits per heavy atom. The van der Waals surface area contributed by atoms with E-state index in [0.29, 0.717) is 12.3 Å². The molecule has 2 aromatic carbocycles. The molecule has 4 nitrogen and oxygen atoms in total. The van der Waals surface area contributed by atoms with Gasteiger partial charge in [-0.15, -0.1) is 0 Å². The van der Waals surface area contributed by atoms with Gasteiger partial charge in [0, 0.05) is 12.6 Å². The van der Waals surface area contributed by atoms with Crippen LogP contribution in [-0.2, 0) is 11.3 Å². The molecule has 1 N–H and O–H groups in total. The van der Waals surface area contributed by atoms with Gasteiger partial charge in [-0.3, -0.25) is 4.79 Å². The summed E-state index contributed by atoms with van der Waals surface area (Å²) in [5.74, 6) is -1.56. The van der Waals surface area contributed by atoms with E-state index in [1.165, 1.54) is 6.07 Å². The number of methoxy groups -OCH3 is 1. The Kier molecular flexibility index (Phi) is 5.30. The lowest BCUT2D eigenvalue weighted by molar-refractivity contribution is -0.123. The number of hydrogen-bond donors (Lipinski definition) is 1. The quantitative estimate of drug-likeness (QED) is 0.892. The fourth-order valence-corrected chi connectivity index (χ4v) is 1.75. The van der Waals surface area contributed by atoms with E-state index in [1.54, 1.807) is 19.2 Å². The molecule has 116 valence electrons. The number of rotatable bonds is 6. The predicted octanol–water partition coefficient (Wildman–Crippen LogP) is 2.67. The molecular weight excluding hydrogens is 292 g/mol. The third-order valence-corrected chi connectivity index (χ3v) is 2.88. The van der Waals surface area contributed by atoms with Crippen LogP contribution in [0.4, 0.5) is 8.78 Å². The number of ether oxygens (including phenoxy) is 2. The summed E-state index contributed by atoms with van der Waals surface area (Å²) in [7, 11) is 1.56. The average Bonchev–Trinajstić information content (AvgIpc) is 2.54. The fraction of sp³-hybridized carbons (Fsp3) is 0.188. The molecule has 0 unspecified atom stereocenters. The lowest BCUT2D eigenvalue weighted by Crippen LogP contribution is -2.28. The van der Waals surface area contributed by atoms with Crippen LogP contribution in [0.25, 0.3) is 0 Å². The summed E-state index contributed by atoms with van der Waals surface area (Å²) in [5.41, 5.74) is 0.875. The monoisotopic (exact) mass is 307 g/mol. The zero-order valence-corrected chi connectivity index (χ0v) is 11.9. The SMILES string of the molecule is COc1cccc(CNC(=O)COc2ccc(F)c(F)c2)c1. The Balaban J connectivity index is 1.81. The van der Waals surface area contributed by atoms with Crippen LogP contribution in [0.2, 0.25) is 0 Å². The number of carbonyl (C=O) groups is 1. The van der Waals surface area contributed by atoms with Crippen molar-refractivity contribution < 1.29 is 23.0 Å². The maximum atomic E-state index is 13.0. The lowest BCUT2D eigenvalue weighted by atomic mass is 10.2. The van der Waals surface area contributed by atoms with Crippen molar-refractivity contribution in [1.82, 2.24) is 5.32 Å². The van der Waals surface area contributed by atoms with E-state index in [9.17, 15) is 13.6 Å². The van der Waals surface area contributed by atoms with Crippen molar-refractivity contribution >= 4 is 5.91 Å². The van der Waals surface area contributed by atoms with Crippen molar-refractivity contribution in [3.63, 3.8) is 0 Å². The van der Waals surface area contributed by atoms with Crippen molar-refractivity contribution in [2.24, 2.45) is 0 Å². The minimum Gasteiger partial charge on any atom is -0.497 e. The third kappa shape index (κ3) is 4.44. The van der Waals surface area contributed by atoms with Gasteiger partial charge < -0.3 is 14.8 Å². The second-order valence-electron chi connectivity index (χ2n) is 4.49. The lowest BCUT2D eigenvalue weighted by Gasteiger charge is -2.08. The number of benzene rings is 2. The van der Waals surface area contributed by atoms with Gasteiger partial charge in [0.2, 0.25) is 0 Å². The van der Waals surface area contributed by atoms with Gasteiger partial charge >= 0.3 is 0 Å². The first-order chi connectivity index (χ1) is 10.6. The smallest absolute Gasteiger partial charge is 0.258 e. The van der Waals surface area contributed by atoms with Gasteiger partial charge in [-0.2, -0.15) is 0 Å². The molecule has 0 saturated carbocycles. The Morgan fingerprint density at radius 1 is 1.09 bits per heavy atom. The van der Waals surface area contributed by atoms with Crippen LogP contribution in [0, 0.1) is 11.6 Å². The molecule has 0 aliphatic heterocycles. The van der Waals surface area contributed by atoms with Gasteiger partial charge in [0.25, 0.3) is 5.91 Å². The Bertz CT molecular complexity index is 662. The minimum absolute atomic E-state index is 0.0930. The maximum Gasteiger partial charge on any atom is 0.258 e. The predicted molar refractivity (Wildman–Crippen MR) is 76.7 cm³/mol. The van der Waals surface area contributed by atoms with Gasteiger partial charge in [0.1, 0.15) is 11.5 Å². The molecular formula is C16H15F2NO3. The largest absolute Gasteiger partial charge is 0.497 e. The van der Waals surface area contributed by atoms with Crippen LogP contribution in [-0.4, -0.2) is 19.6 Å². The molecule has 0 atom stereocenters. The number of hydrogen-bond acceptors (Lipinski definition) is 3. The van der Waals surface area contributed by atoms with E-state index in [0.717, 1.165) is 17.7 Å². The van der Waals surface area contributed by atoms with Gasteiger partial charge in [-0.1, -0.05) is 12.1 Å². The highest BCUT2D eigenvalue weighted by atomic mass is 19.2. The van der Waals surface area contributed by atoms with Crippen molar-refractivity contribution in [2.75, 3.05) is 13.7 Å². The highest BCUT2D eigenvalue weighted by Gasteiger charge is 2.06. The molecule has 0 aliphatic carbocycles. The molecule has 0 fully saturated rings. The van der Waals surface area contributed by atoms with E-state index < -0.39 is 11.6 Å². The molecule has 0 radical (unpaired) electrons. The Hall–Kier alpha value is -2.63. The number of carbonyl (C=O) groups excluding carboxylic acids is 1. The Labute approximate surface area is 126 Å². The molecule has 0 spiro atoms. The first-order valence-electron chi connectivity index (χ1n) is 6.56. The van der Waals surface area contributed by atoms with Crippen molar-refractivity contribution in [1.29, 1.82) is 0 Å². The second-order valence-corrected chi connectivity index (χ2v) is 4.49. The molecule has 6 heteroatoms. The molecule has 2 aromatic rings. The fourth-order valence-electron chi connectivity index (χ4n) is 1.75. The van der Waals surface area contributed by atoms with Crippen LogP contribution in [0.1, 0.15) is 5.56 Å². The number of halogens is 2. The summed E-state index contributed by atoms with van der Waals surface area (Å²) in [6.07, 6.45) is 0. The van der Waals surface area contributed by atoms with Crippen LogP contribution in [0.15, 0.2) is 42.5 Å². The van der Waals surface area contributed by atoms with E-state index in [4.69, 9.17) is 9.47 Å². The van der Waals surface area contributed by atoms with E-state index in [1.807, 2.05) is 12.1 Å². The molecule has 1 amide bonds. The summed E-state index contributed by atoms with van der Waals surface area (Å²) < 4.78 is 35.9. The number of amides is 1. The number of nitrogens with one attached hydrogen (secondary N) is 1. The summed E-state index contributed by atoms with van der Waals surface area (Å²) in [5, 5.41) is 2.66. The maximum absolute atomic E-state index is 13.0. The highest BCUT2D eigenvalue weighted by Crippen LogP contribution is 2.15. The standard InChI is InChI=1S/C16H15F2NO3/c1-21-12-4-2-3-11(7-12)9-19-16(20)10-22-13-5-6-14(17)15(18)8-13/h2-8H,9-10H2,1H3,(H,19,20). The molecule has 0 aromatic heterocycles. The topological polar surface area (TPSA) is 47.6 Å². The average molecular weight is 307 g/mol. The van der Waals surface area contributed by atoms with Crippen molar-refractivity contribution in [2.45, 2.75) is 6.54 Å². The molecule has 2 rings (SSSR count). The summed E-state index contributed by atoms with van der Waals surface area (Å²) in [6.45, 7) is 0.0339. The summed E-state index contributed by atoms with van der Waals surface area (Å²) in [4.78, 5) is 11.7. The van der Waals surface area contributed by atoms with Crippen LogP contribution in [0.5, 0.6) is 11.5 Å². The molecule has 0 heterocycles. The van der Waals surface area contributed by atoms with Crippen molar-refractivity contribution in [3.8, 4) is 11.5 Å². The summed E-state index contributed by atoms with van der Waals surface area (Å²) in [6, 6.07) is 10.4. The van der Waals surface area contributed by atoms with Crippen molar-refractivity contribution in [3.05, 3.63) is 59.7 Å². The first-order valence-corrected chi connectivity index (χ1v) is 6.56. The molecule has 22 heavy (non-hydrogen) atoms. The zero-order chi connectivity index (χ0) is 15.9. The van der Waals surface area contributed by atoms with E-state index in [2.05, 4.69) is 5.32 Å². The van der Waals surface area contributed by atoms with Gasteiger partial charge in [-0.25, -0.2) is 8.78 Å². The minimum atomic E-state index is -1.02. The normalized spacial score (nSPS) is 10.1. The summed E-state index contributed by atoms with van der Waals surface area (Å²) >= 11 is 0. The van der Waals surface area contributed by atoms with Crippen LogP contribution in [0.3, 0.4) is 0 Å². The van der Waals surface area contributed by atoms with Gasteiger partial charge in [-0.05, 0) is 29.8 Å². The van der Waals surface area contributed by atoms with Crippen LogP contribution < -0.4 is 14.8 Å².